The lowest BCUT2D eigenvalue weighted by molar-refractivity contribution is -0.384. The van der Waals surface area contributed by atoms with Gasteiger partial charge in [-0.1, -0.05) is 6.08 Å². The van der Waals surface area contributed by atoms with Gasteiger partial charge >= 0.3 is 0 Å². The molecule has 1 N–H and O–H groups in total. The molecule has 1 aliphatic heterocycles. The van der Waals surface area contributed by atoms with E-state index in [1.807, 2.05) is 6.92 Å². The lowest BCUT2D eigenvalue weighted by atomic mass is 9.86. The number of carbonyl (C=O) groups is 1. The van der Waals surface area contributed by atoms with Crippen molar-refractivity contribution in [2.75, 3.05) is 10.7 Å². The topological polar surface area (TPSA) is 87.8 Å². The van der Waals surface area contributed by atoms with Gasteiger partial charge in [0, 0.05) is 34.3 Å². The van der Waals surface area contributed by atoms with Crippen LogP contribution in [-0.2, 0) is 4.79 Å². The highest BCUT2D eigenvalue weighted by Gasteiger charge is 2.33. The van der Waals surface area contributed by atoms with Gasteiger partial charge in [0.2, 0.25) is 5.91 Å². The van der Waals surface area contributed by atoms with E-state index in [2.05, 4.69) is 68.3 Å². The number of hydrazone groups is 1. The van der Waals surface area contributed by atoms with Crippen LogP contribution in [0.15, 0.2) is 52.5 Å². The van der Waals surface area contributed by atoms with Gasteiger partial charge in [-0.3, -0.25) is 14.9 Å². The van der Waals surface area contributed by atoms with Crippen LogP contribution in [0.1, 0.15) is 51.3 Å². The van der Waals surface area contributed by atoms with Gasteiger partial charge in [-0.05, 0) is 82.5 Å². The second-order valence-electron chi connectivity index (χ2n) is 9.00. The number of carbonyl (C=O) groups excluding carboxylic acids is 1. The van der Waals surface area contributed by atoms with Crippen LogP contribution < -0.4 is 10.3 Å². The molecule has 1 aliphatic rings. The fraction of sp³-hybridized carbons (Fsp3) is 0.360. The van der Waals surface area contributed by atoms with Crippen LogP contribution in [0.2, 0.25) is 0 Å². The Morgan fingerprint density at radius 3 is 2.52 bits per heavy atom. The average molecular weight is 467 g/mol. The number of nitrogens with one attached hydrogen (secondary N) is 1. The number of nitrogens with zero attached hydrogens (tertiary/aromatic N) is 3. The van der Waals surface area contributed by atoms with Crippen molar-refractivity contribution in [2.45, 2.75) is 58.0 Å². The van der Waals surface area contributed by atoms with Crippen molar-refractivity contribution < 1.29 is 9.72 Å². The molecule has 0 aliphatic carbocycles. The second kappa shape index (κ2) is 9.79. The first-order valence-electron chi connectivity index (χ1n) is 10.8. The Morgan fingerprint density at radius 1 is 1.24 bits per heavy atom. The van der Waals surface area contributed by atoms with Crippen LogP contribution >= 0.6 is 11.8 Å². The smallest absolute Gasteiger partial charge is 0.269 e. The van der Waals surface area contributed by atoms with Crippen LogP contribution in [0.25, 0.3) is 5.57 Å². The minimum atomic E-state index is -0.447. The molecule has 0 spiro atoms. The molecule has 0 atom stereocenters. The zero-order valence-electron chi connectivity index (χ0n) is 19.9. The maximum Gasteiger partial charge on any atom is 0.269 e. The highest BCUT2D eigenvalue weighted by Crippen LogP contribution is 2.41. The van der Waals surface area contributed by atoms with Crippen LogP contribution in [-0.4, -0.2) is 34.4 Å². The van der Waals surface area contributed by atoms with E-state index in [0.717, 1.165) is 16.0 Å². The molecule has 1 amide bonds. The second-order valence-corrected chi connectivity index (χ2v) is 10.1. The molecule has 0 unspecified atom stereocenters. The molecule has 0 aromatic heterocycles. The van der Waals surface area contributed by atoms with Gasteiger partial charge in [-0.2, -0.15) is 5.10 Å². The van der Waals surface area contributed by atoms with Crippen LogP contribution in [0.4, 0.5) is 11.4 Å². The van der Waals surface area contributed by atoms with Crippen LogP contribution in [0, 0.1) is 17.0 Å². The van der Waals surface area contributed by atoms with E-state index in [4.69, 9.17) is 0 Å². The Balaban J connectivity index is 1.67. The maximum absolute atomic E-state index is 12.2. The molecular weight excluding hydrogens is 436 g/mol. The number of allylic oxidation sites excluding steroid dienone is 1. The zero-order chi connectivity index (χ0) is 24.3. The van der Waals surface area contributed by atoms with Crippen LogP contribution in [0.5, 0.6) is 0 Å². The summed E-state index contributed by atoms with van der Waals surface area (Å²) in [4.78, 5) is 25.7. The molecule has 33 heavy (non-hydrogen) atoms. The number of nitro benzene ring substituents is 1. The molecular formula is C25H30N4O3S. The molecule has 2 aromatic carbocycles. The number of rotatable bonds is 7. The highest BCUT2D eigenvalue weighted by molar-refractivity contribution is 8.00. The lowest BCUT2D eigenvalue weighted by Gasteiger charge is -2.46. The summed E-state index contributed by atoms with van der Waals surface area (Å²) in [5, 5.41) is 14.9. The monoisotopic (exact) mass is 466 g/mol. The van der Waals surface area contributed by atoms with Gasteiger partial charge in [0.25, 0.3) is 5.69 Å². The van der Waals surface area contributed by atoms with Crippen molar-refractivity contribution in [3.63, 3.8) is 0 Å². The third-order valence-corrected chi connectivity index (χ3v) is 6.60. The van der Waals surface area contributed by atoms with E-state index in [9.17, 15) is 14.9 Å². The number of thioether (sulfide) groups is 1. The Morgan fingerprint density at radius 2 is 1.91 bits per heavy atom. The van der Waals surface area contributed by atoms with Crippen LogP contribution in [0.3, 0.4) is 0 Å². The van der Waals surface area contributed by atoms with E-state index in [1.165, 1.54) is 40.7 Å². The number of hydrogen-bond acceptors (Lipinski definition) is 6. The molecule has 0 saturated heterocycles. The van der Waals surface area contributed by atoms with E-state index in [1.54, 1.807) is 18.3 Å². The van der Waals surface area contributed by atoms with E-state index in [-0.39, 0.29) is 22.9 Å². The molecule has 7 nitrogen and oxygen atoms in total. The zero-order valence-corrected chi connectivity index (χ0v) is 20.7. The van der Waals surface area contributed by atoms with Gasteiger partial charge in [0.15, 0.2) is 0 Å². The number of nitro groups is 1. The van der Waals surface area contributed by atoms with Crippen molar-refractivity contribution in [3.8, 4) is 0 Å². The van der Waals surface area contributed by atoms with E-state index < -0.39 is 4.92 Å². The number of fused-ring (bicyclic) bond motifs is 1. The van der Waals surface area contributed by atoms with Crippen molar-refractivity contribution in [1.29, 1.82) is 0 Å². The molecule has 8 heteroatoms. The van der Waals surface area contributed by atoms with Crippen molar-refractivity contribution in [3.05, 3.63) is 69.3 Å². The molecule has 174 valence electrons. The predicted octanol–water partition coefficient (Wildman–Crippen LogP) is 5.56. The number of amides is 1. The summed E-state index contributed by atoms with van der Waals surface area (Å²) in [5.41, 5.74) is 8.18. The van der Waals surface area contributed by atoms with Gasteiger partial charge in [-0.25, -0.2) is 5.43 Å². The third kappa shape index (κ3) is 5.63. The summed E-state index contributed by atoms with van der Waals surface area (Å²) < 4.78 is 0. The normalized spacial score (nSPS) is 14.9. The number of anilines is 1. The van der Waals surface area contributed by atoms with Crippen molar-refractivity contribution >= 4 is 40.8 Å². The SMILES string of the molecule is CC1=CC(C)(C)N(C(C)C)c2cc(C)c(/C=N/NC(=O)CSc3ccc([N+](=O)[O-])cc3)cc21. The van der Waals surface area contributed by atoms with Gasteiger partial charge in [-0.15, -0.1) is 11.8 Å². The lowest BCUT2D eigenvalue weighted by Crippen LogP contribution is -2.49. The van der Waals surface area contributed by atoms with Gasteiger partial charge < -0.3 is 4.90 Å². The van der Waals surface area contributed by atoms with Crippen molar-refractivity contribution in [1.82, 2.24) is 5.43 Å². The third-order valence-electron chi connectivity index (χ3n) is 5.59. The van der Waals surface area contributed by atoms with E-state index >= 15 is 0 Å². The summed E-state index contributed by atoms with van der Waals surface area (Å²) >= 11 is 1.30. The summed E-state index contributed by atoms with van der Waals surface area (Å²) in [5.74, 6) is -0.0764. The van der Waals surface area contributed by atoms with Gasteiger partial charge in [0.1, 0.15) is 0 Å². The predicted molar refractivity (Wildman–Crippen MR) is 136 cm³/mol. The van der Waals surface area contributed by atoms with E-state index in [0.29, 0.717) is 6.04 Å². The molecule has 1 heterocycles. The number of aryl methyl sites for hydroxylation is 1. The average Bonchev–Trinajstić information content (AvgIpc) is 2.72. The standard InChI is InChI=1S/C25H30N4O3S/c1-16(2)28-23-11-17(3)19(12-22(23)18(4)13-25(28,5)6)14-26-27-24(30)15-33-21-9-7-20(8-10-21)29(31)32/h7-14,16H,15H2,1-6H3,(H,27,30)/b26-14+. The summed E-state index contributed by atoms with van der Waals surface area (Å²) in [7, 11) is 0. The summed E-state index contributed by atoms with van der Waals surface area (Å²) in [6.45, 7) is 13.0. The maximum atomic E-state index is 12.2. The largest absolute Gasteiger partial charge is 0.360 e. The summed E-state index contributed by atoms with van der Waals surface area (Å²) in [6.07, 6.45) is 3.97. The molecule has 0 radical (unpaired) electrons. The molecule has 0 bridgehead atoms. The Labute approximate surface area is 199 Å². The Bertz CT molecular complexity index is 1120. The summed E-state index contributed by atoms with van der Waals surface area (Å²) in [6, 6.07) is 10.8. The fourth-order valence-electron chi connectivity index (χ4n) is 4.31. The van der Waals surface area contributed by atoms with Crippen molar-refractivity contribution in [2.24, 2.45) is 5.10 Å². The minimum absolute atomic E-state index is 0.0268. The first-order valence-corrected chi connectivity index (χ1v) is 11.8. The van der Waals surface area contributed by atoms with Gasteiger partial charge in [0.05, 0.1) is 22.4 Å². The quantitative estimate of drug-likeness (QED) is 0.250. The molecule has 0 saturated carbocycles. The Hall–Kier alpha value is -3.13. The number of non-ortho nitro benzene ring substituents is 1. The fourth-order valence-corrected chi connectivity index (χ4v) is 5.00. The highest BCUT2D eigenvalue weighted by atomic mass is 32.2. The minimum Gasteiger partial charge on any atom is -0.360 e. The molecule has 0 fully saturated rings. The Kier molecular flexibility index (Phi) is 7.27. The molecule has 2 aromatic rings. The molecule has 3 rings (SSSR count). The number of hydrogen-bond donors (Lipinski definition) is 1. The number of benzene rings is 2. The first kappa shape index (κ1) is 24.5. The first-order chi connectivity index (χ1) is 15.5.